The fraction of sp³-hybridized carbons (Fsp3) is 1.00. The van der Waals surface area contributed by atoms with Crippen LogP contribution in [-0.4, -0.2) is 88.6 Å². The minimum Gasteiger partial charge on any atom is -0.394 e. The fourth-order valence-corrected chi connectivity index (χ4v) is 2.09. The molecule has 0 aromatic heterocycles. The van der Waals surface area contributed by atoms with Gasteiger partial charge in [0.1, 0.15) is 18.3 Å². The topological polar surface area (TPSA) is 166 Å². The smallest absolute Gasteiger partial charge is 0.394 e. The third-order valence-corrected chi connectivity index (χ3v) is 3.30. The van der Waals surface area contributed by atoms with Crippen molar-refractivity contribution in [1.82, 2.24) is 0 Å². The van der Waals surface area contributed by atoms with E-state index in [1.165, 1.54) is 0 Å². The lowest BCUT2D eigenvalue weighted by Crippen LogP contribution is -2.24. The maximum absolute atomic E-state index is 12.0. The molecule has 0 rings (SSSR count). The van der Waals surface area contributed by atoms with Crippen LogP contribution in [0, 0.1) is 0 Å². The molecule has 0 bridgehead atoms. The summed E-state index contributed by atoms with van der Waals surface area (Å²) >= 11 is 0. The van der Waals surface area contributed by atoms with Crippen molar-refractivity contribution in [2.75, 3.05) is 39.6 Å². The molecular formula is C9H21O10P. The Balaban J connectivity index is 4.45. The lowest BCUT2D eigenvalue weighted by Gasteiger charge is -2.21. The maximum Gasteiger partial charge on any atom is 0.475 e. The van der Waals surface area contributed by atoms with Crippen LogP contribution in [0.1, 0.15) is 0 Å². The molecule has 0 heterocycles. The molecule has 10 nitrogen and oxygen atoms in total. The molecule has 20 heavy (non-hydrogen) atoms. The Morgan fingerprint density at radius 1 is 0.700 bits per heavy atom. The molecule has 0 aromatic carbocycles. The van der Waals surface area contributed by atoms with E-state index in [1.54, 1.807) is 0 Å². The normalized spacial score (nSPS) is 16.9. The first-order chi connectivity index (χ1) is 9.36. The zero-order valence-corrected chi connectivity index (χ0v) is 11.6. The zero-order valence-electron chi connectivity index (χ0n) is 10.7. The van der Waals surface area contributed by atoms with Crippen molar-refractivity contribution < 1.29 is 48.8 Å². The summed E-state index contributed by atoms with van der Waals surface area (Å²) in [6, 6.07) is 0. The molecule has 0 saturated heterocycles. The molecule has 0 unspecified atom stereocenters. The van der Waals surface area contributed by atoms with Gasteiger partial charge in [0, 0.05) is 0 Å². The number of hydrogen-bond acceptors (Lipinski definition) is 10. The van der Waals surface area contributed by atoms with Crippen LogP contribution >= 0.6 is 7.82 Å². The predicted octanol–water partition coefficient (Wildman–Crippen LogP) is -2.80. The lowest BCUT2D eigenvalue weighted by atomic mass is 10.4. The predicted molar refractivity (Wildman–Crippen MR) is 64.7 cm³/mol. The average molecular weight is 320 g/mol. The number of hydrogen-bond donors (Lipinski definition) is 6. The van der Waals surface area contributed by atoms with E-state index in [0.717, 1.165) is 0 Å². The molecule has 0 saturated carbocycles. The molecule has 0 spiro atoms. The van der Waals surface area contributed by atoms with Gasteiger partial charge in [0.05, 0.1) is 39.6 Å². The van der Waals surface area contributed by atoms with Gasteiger partial charge in [-0.3, -0.25) is 13.6 Å². The molecule has 0 aromatic rings. The first-order valence-electron chi connectivity index (χ1n) is 5.77. The van der Waals surface area contributed by atoms with Gasteiger partial charge in [-0.2, -0.15) is 0 Å². The highest BCUT2D eigenvalue weighted by Gasteiger charge is 2.30. The summed E-state index contributed by atoms with van der Waals surface area (Å²) in [6.45, 7) is -3.63. The largest absolute Gasteiger partial charge is 0.475 e. The summed E-state index contributed by atoms with van der Waals surface area (Å²) in [4.78, 5) is 0. The molecule has 6 N–H and O–H groups in total. The van der Waals surface area contributed by atoms with Crippen LogP contribution in [0.2, 0.25) is 0 Å². The molecule has 0 aliphatic heterocycles. The molecule has 3 atom stereocenters. The van der Waals surface area contributed by atoms with E-state index in [9.17, 15) is 4.57 Å². The van der Waals surface area contributed by atoms with Gasteiger partial charge in [0.25, 0.3) is 0 Å². The summed E-state index contributed by atoms with van der Waals surface area (Å²) in [7, 11) is -4.23. The summed E-state index contributed by atoms with van der Waals surface area (Å²) in [6.07, 6.45) is -3.96. The second-order valence-corrected chi connectivity index (χ2v) is 5.51. The van der Waals surface area contributed by atoms with Gasteiger partial charge in [0.15, 0.2) is 0 Å². The molecule has 0 aliphatic carbocycles. The number of aliphatic hydroxyl groups is 6. The van der Waals surface area contributed by atoms with Crippen LogP contribution in [0.25, 0.3) is 0 Å². The van der Waals surface area contributed by atoms with E-state index < -0.39 is 65.8 Å². The maximum atomic E-state index is 12.0. The number of aliphatic hydroxyl groups excluding tert-OH is 6. The molecule has 0 aliphatic rings. The number of rotatable bonds is 12. The summed E-state index contributed by atoms with van der Waals surface area (Å²) < 4.78 is 26.1. The van der Waals surface area contributed by atoms with Crippen molar-refractivity contribution in [2.45, 2.75) is 18.3 Å². The average Bonchev–Trinajstić information content (AvgIpc) is 2.47. The van der Waals surface area contributed by atoms with E-state index in [-0.39, 0.29) is 0 Å². The molecule has 0 fully saturated rings. The second kappa shape index (κ2) is 10.6. The Morgan fingerprint density at radius 3 is 1.15 bits per heavy atom. The van der Waals surface area contributed by atoms with Gasteiger partial charge < -0.3 is 30.6 Å². The highest BCUT2D eigenvalue weighted by Crippen LogP contribution is 2.49. The van der Waals surface area contributed by atoms with Crippen LogP contribution in [0.4, 0.5) is 0 Å². The van der Waals surface area contributed by atoms with Crippen LogP contribution in [0.15, 0.2) is 0 Å². The first kappa shape index (κ1) is 19.9. The van der Waals surface area contributed by atoms with E-state index >= 15 is 0 Å². The van der Waals surface area contributed by atoms with Gasteiger partial charge >= 0.3 is 7.82 Å². The molecule has 0 radical (unpaired) electrons. The van der Waals surface area contributed by atoms with Crippen LogP contribution in [0.3, 0.4) is 0 Å². The van der Waals surface area contributed by atoms with Crippen molar-refractivity contribution in [3.63, 3.8) is 0 Å². The van der Waals surface area contributed by atoms with Gasteiger partial charge in [-0.1, -0.05) is 0 Å². The highest BCUT2D eigenvalue weighted by molar-refractivity contribution is 7.48. The molecular weight excluding hydrogens is 299 g/mol. The third-order valence-electron chi connectivity index (χ3n) is 1.91. The van der Waals surface area contributed by atoms with Crippen LogP contribution in [-0.2, 0) is 18.1 Å². The van der Waals surface area contributed by atoms with Gasteiger partial charge in [0.2, 0.25) is 0 Å². The van der Waals surface area contributed by atoms with Crippen LogP contribution in [0.5, 0.6) is 0 Å². The monoisotopic (exact) mass is 320 g/mol. The van der Waals surface area contributed by atoms with Crippen LogP contribution < -0.4 is 0 Å². The summed E-state index contributed by atoms with van der Waals surface area (Å²) in [5.74, 6) is 0. The van der Waals surface area contributed by atoms with E-state index in [1.807, 2.05) is 0 Å². The number of phosphoric ester groups is 1. The summed E-state index contributed by atoms with van der Waals surface area (Å²) in [5.41, 5.74) is 0. The first-order valence-corrected chi connectivity index (χ1v) is 7.23. The Kier molecular flexibility index (Phi) is 10.5. The molecule has 122 valence electrons. The minimum absolute atomic E-state index is 0.571. The van der Waals surface area contributed by atoms with Crippen molar-refractivity contribution in [3.05, 3.63) is 0 Å². The molecule has 11 heteroatoms. The quantitative estimate of drug-likeness (QED) is 0.207. The fourth-order valence-electron chi connectivity index (χ4n) is 0.802. The standard InChI is InChI=1S/C9H21O10P/c10-1-7(13)4-17-20(16,18-5-8(14)2-11)19-6-9(15)3-12/h7-15H,1-6H2/t7-,8-,9-/m1/s1. The van der Waals surface area contributed by atoms with Crippen molar-refractivity contribution in [2.24, 2.45) is 0 Å². The Hall–Kier alpha value is -0.130. The highest BCUT2D eigenvalue weighted by atomic mass is 31.2. The van der Waals surface area contributed by atoms with E-state index in [2.05, 4.69) is 13.6 Å². The summed E-state index contributed by atoms with van der Waals surface area (Å²) in [5, 5.41) is 53.0. The lowest BCUT2D eigenvalue weighted by molar-refractivity contribution is -0.00671. The van der Waals surface area contributed by atoms with E-state index in [4.69, 9.17) is 30.6 Å². The second-order valence-electron chi connectivity index (χ2n) is 3.84. The van der Waals surface area contributed by atoms with Gasteiger partial charge in [-0.15, -0.1) is 0 Å². The zero-order chi connectivity index (χ0) is 15.6. The Morgan fingerprint density at radius 2 is 0.950 bits per heavy atom. The van der Waals surface area contributed by atoms with Gasteiger partial charge in [-0.25, -0.2) is 4.57 Å². The van der Waals surface area contributed by atoms with Crippen molar-refractivity contribution in [1.29, 1.82) is 0 Å². The molecule has 0 amide bonds. The Labute approximate surface area is 115 Å². The van der Waals surface area contributed by atoms with Crippen molar-refractivity contribution >= 4 is 7.82 Å². The minimum atomic E-state index is -4.23. The number of phosphoric acid groups is 1. The Bertz CT molecular complexity index is 245. The SMILES string of the molecule is O=P(OC[C@H](O)CO)(OC[C@H](O)CO)OC[C@H](O)CO. The van der Waals surface area contributed by atoms with Gasteiger partial charge in [-0.05, 0) is 0 Å². The third kappa shape index (κ3) is 8.93. The van der Waals surface area contributed by atoms with E-state index in [0.29, 0.717) is 0 Å². The van der Waals surface area contributed by atoms with Crippen molar-refractivity contribution in [3.8, 4) is 0 Å².